The highest BCUT2D eigenvalue weighted by atomic mass is 32.2. The Hall–Kier alpha value is -2.15. The van der Waals surface area contributed by atoms with E-state index in [0.29, 0.717) is 12.1 Å². The van der Waals surface area contributed by atoms with Gasteiger partial charge in [0.1, 0.15) is 27.2 Å². The standard InChI is InChI=1S/C16H15F3N2O5S2/c17-11-1-3-13(18)15(9-11)27(22,23)20-12-2-4-14(19)16(10-12)28(24,25)21-5-7-26-8-6-21/h1-4,9-10,20H,5-8H2. The molecule has 0 unspecified atom stereocenters. The van der Waals surface area contributed by atoms with Crippen molar-refractivity contribution in [2.45, 2.75) is 9.79 Å². The summed E-state index contributed by atoms with van der Waals surface area (Å²) in [6.45, 7) is 0.330. The smallest absolute Gasteiger partial charge is 0.264 e. The maximum absolute atomic E-state index is 14.2. The summed E-state index contributed by atoms with van der Waals surface area (Å²) in [4.78, 5) is -1.70. The van der Waals surface area contributed by atoms with Crippen LogP contribution in [0.25, 0.3) is 0 Å². The van der Waals surface area contributed by atoms with Crippen LogP contribution in [0.1, 0.15) is 0 Å². The normalized spacial score (nSPS) is 16.1. The predicted octanol–water partition coefficient (Wildman–Crippen LogP) is 1.93. The molecule has 1 N–H and O–H groups in total. The number of sulfonamides is 2. The molecule has 1 saturated heterocycles. The van der Waals surface area contributed by atoms with Crippen molar-refractivity contribution in [3.8, 4) is 0 Å². The summed E-state index contributed by atoms with van der Waals surface area (Å²) < 4.78 is 99.2. The zero-order valence-electron chi connectivity index (χ0n) is 14.2. The van der Waals surface area contributed by atoms with E-state index < -0.39 is 47.3 Å². The molecule has 0 amide bonds. The molecule has 0 saturated carbocycles. The molecule has 1 aliphatic heterocycles. The summed E-state index contributed by atoms with van der Waals surface area (Å²) in [7, 11) is -8.82. The number of hydrogen-bond donors (Lipinski definition) is 1. The van der Waals surface area contributed by atoms with E-state index in [1.165, 1.54) is 0 Å². The van der Waals surface area contributed by atoms with Crippen LogP contribution in [0.4, 0.5) is 18.9 Å². The van der Waals surface area contributed by atoms with Crippen LogP contribution in [-0.2, 0) is 24.8 Å². The fraction of sp³-hybridized carbons (Fsp3) is 0.250. The first kappa shape index (κ1) is 20.6. The van der Waals surface area contributed by atoms with Crippen LogP contribution in [0.15, 0.2) is 46.2 Å². The minimum atomic E-state index is -4.58. The van der Waals surface area contributed by atoms with E-state index in [0.717, 1.165) is 28.6 Å². The fourth-order valence-corrected chi connectivity index (χ4v) is 5.22. The molecule has 7 nitrogen and oxygen atoms in total. The van der Waals surface area contributed by atoms with Crippen LogP contribution in [-0.4, -0.2) is 47.4 Å². The molecule has 0 bridgehead atoms. The first-order chi connectivity index (χ1) is 13.1. The fourth-order valence-electron chi connectivity index (χ4n) is 2.58. The van der Waals surface area contributed by atoms with Gasteiger partial charge >= 0.3 is 0 Å². The lowest BCUT2D eigenvalue weighted by Crippen LogP contribution is -2.40. The van der Waals surface area contributed by atoms with Gasteiger partial charge in [0.25, 0.3) is 10.0 Å². The maximum atomic E-state index is 14.2. The topological polar surface area (TPSA) is 92.8 Å². The molecule has 0 atom stereocenters. The van der Waals surface area contributed by atoms with Crippen LogP contribution < -0.4 is 4.72 Å². The van der Waals surface area contributed by atoms with Crippen LogP contribution in [0.3, 0.4) is 0 Å². The molecule has 1 fully saturated rings. The second-order valence-electron chi connectivity index (χ2n) is 5.84. The Morgan fingerprint density at radius 3 is 2.14 bits per heavy atom. The number of rotatable bonds is 5. The van der Waals surface area contributed by atoms with Gasteiger partial charge in [-0.2, -0.15) is 4.31 Å². The second kappa shape index (κ2) is 7.70. The molecule has 1 heterocycles. The molecular formula is C16H15F3N2O5S2. The molecule has 2 aromatic carbocycles. The van der Waals surface area contributed by atoms with Crippen LogP contribution in [0, 0.1) is 17.5 Å². The van der Waals surface area contributed by atoms with E-state index in [9.17, 15) is 30.0 Å². The molecule has 2 aromatic rings. The van der Waals surface area contributed by atoms with Crippen LogP contribution >= 0.6 is 0 Å². The summed E-state index contributed by atoms with van der Waals surface area (Å²) >= 11 is 0. The third-order valence-electron chi connectivity index (χ3n) is 3.95. The molecule has 152 valence electrons. The van der Waals surface area contributed by atoms with E-state index >= 15 is 0 Å². The number of ether oxygens (including phenoxy) is 1. The third-order valence-corrected chi connectivity index (χ3v) is 7.26. The van der Waals surface area contributed by atoms with Crippen molar-refractivity contribution in [1.82, 2.24) is 4.31 Å². The van der Waals surface area contributed by atoms with Gasteiger partial charge in [-0.15, -0.1) is 0 Å². The third kappa shape index (κ3) is 4.14. The van der Waals surface area contributed by atoms with Gasteiger partial charge in [0.2, 0.25) is 10.0 Å². The van der Waals surface area contributed by atoms with Gasteiger partial charge in [0, 0.05) is 13.1 Å². The highest BCUT2D eigenvalue weighted by Gasteiger charge is 2.30. The highest BCUT2D eigenvalue weighted by molar-refractivity contribution is 7.92. The molecule has 0 spiro atoms. The van der Waals surface area contributed by atoms with E-state index in [2.05, 4.69) is 0 Å². The molecule has 0 aromatic heterocycles. The Morgan fingerprint density at radius 2 is 1.46 bits per heavy atom. The van der Waals surface area contributed by atoms with Gasteiger partial charge in [-0.3, -0.25) is 4.72 Å². The van der Waals surface area contributed by atoms with E-state index in [-0.39, 0.29) is 32.0 Å². The largest absolute Gasteiger partial charge is 0.379 e. The summed E-state index contributed by atoms with van der Waals surface area (Å²) in [6, 6.07) is 4.40. The van der Waals surface area contributed by atoms with Gasteiger partial charge in [0.05, 0.1) is 18.9 Å². The van der Waals surface area contributed by atoms with Gasteiger partial charge in [0.15, 0.2) is 0 Å². The van der Waals surface area contributed by atoms with E-state index in [4.69, 9.17) is 4.74 Å². The van der Waals surface area contributed by atoms with E-state index in [1.807, 2.05) is 4.72 Å². The number of benzene rings is 2. The molecular weight excluding hydrogens is 421 g/mol. The van der Waals surface area contributed by atoms with Crippen LogP contribution in [0.2, 0.25) is 0 Å². The van der Waals surface area contributed by atoms with Gasteiger partial charge in [-0.25, -0.2) is 30.0 Å². The number of morpholine rings is 1. The van der Waals surface area contributed by atoms with Crippen molar-refractivity contribution < 1.29 is 34.7 Å². The van der Waals surface area contributed by atoms with Crippen molar-refractivity contribution in [2.24, 2.45) is 0 Å². The summed E-state index contributed by atoms with van der Waals surface area (Å²) in [5, 5.41) is 0. The highest BCUT2D eigenvalue weighted by Crippen LogP contribution is 2.26. The molecule has 0 radical (unpaired) electrons. The van der Waals surface area contributed by atoms with Crippen molar-refractivity contribution in [3.05, 3.63) is 53.8 Å². The zero-order chi connectivity index (χ0) is 20.5. The Bertz CT molecular complexity index is 1100. The monoisotopic (exact) mass is 436 g/mol. The lowest BCUT2D eigenvalue weighted by Gasteiger charge is -2.26. The van der Waals surface area contributed by atoms with Gasteiger partial charge in [-0.1, -0.05) is 0 Å². The molecule has 12 heteroatoms. The van der Waals surface area contributed by atoms with Gasteiger partial charge in [-0.05, 0) is 36.4 Å². The van der Waals surface area contributed by atoms with E-state index in [1.54, 1.807) is 0 Å². The lowest BCUT2D eigenvalue weighted by atomic mass is 10.3. The van der Waals surface area contributed by atoms with Crippen molar-refractivity contribution in [2.75, 3.05) is 31.0 Å². The Morgan fingerprint density at radius 1 is 0.857 bits per heavy atom. The molecule has 0 aliphatic carbocycles. The van der Waals surface area contributed by atoms with Crippen molar-refractivity contribution >= 4 is 25.7 Å². The Kier molecular flexibility index (Phi) is 5.66. The summed E-state index contributed by atoms with van der Waals surface area (Å²) in [6.07, 6.45) is 0. The number of anilines is 1. The molecule has 28 heavy (non-hydrogen) atoms. The average molecular weight is 436 g/mol. The Labute approximate surface area is 159 Å². The number of halogens is 3. The predicted molar refractivity (Wildman–Crippen MR) is 93.1 cm³/mol. The number of nitrogens with one attached hydrogen (secondary N) is 1. The maximum Gasteiger partial charge on any atom is 0.264 e. The minimum Gasteiger partial charge on any atom is -0.379 e. The summed E-state index contributed by atoms with van der Waals surface area (Å²) in [5.74, 6) is -3.25. The first-order valence-corrected chi connectivity index (χ1v) is 10.9. The van der Waals surface area contributed by atoms with Crippen molar-refractivity contribution in [3.63, 3.8) is 0 Å². The lowest BCUT2D eigenvalue weighted by molar-refractivity contribution is 0.0729. The number of nitrogens with zero attached hydrogens (tertiary/aromatic N) is 1. The van der Waals surface area contributed by atoms with Crippen molar-refractivity contribution in [1.29, 1.82) is 0 Å². The first-order valence-electron chi connectivity index (χ1n) is 7.96. The second-order valence-corrected chi connectivity index (χ2v) is 9.40. The molecule has 1 aliphatic rings. The summed E-state index contributed by atoms with van der Waals surface area (Å²) in [5.41, 5.74) is -0.322. The number of hydrogen-bond acceptors (Lipinski definition) is 5. The Balaban J connectivity index is 1.96. The van der Waals surface area contributed by atoms with Gasteiger partial charge < -0.3 is 4.74 Å². The average Bonchev–Trinajstić information content (AvgIpc) is 2.65. The quantitative estimate of drug-likeness (QED) is 0.773. The SMILES string of the molecule is O=S(=O)(Nc1ccc(F)c(S(=O)(=O)N2CCOCC2)c1)c1cc(F)ccc1F. The molecule has 3 rings (SSSR count). The van der Waals surface area contributed by atoms with Crippen LogP contribution in [0.5, 0.6) is 0 Å². The zero-order valence-corrected chi connectivity index (χ0v) is 15.9. The minimum absolute atomic E-state index is 0.0201.